The van der Waals surface area contributed by atoms with Gasteiger partial charge in [0.1, 0.15) is 0 Å². The third-order valence-corrected chi connectivity index (χ3v) is 2.89. The summed E-state index contributed by atoms with van der Waals surface area (Å²) in [7, 11) is 1.41. The molecule has 0 radical (unpaired) electrons. The van der Waals surface area contributed by atoms with Crippen LogP contribution in [0.3, 0.4) is 0 Å². The van der Waals surface area contributed by atoms with E-state index in [4.69, 9.17) is 5.11 Å². The van der Waals surface area contributed by atoms with E-state index in [0.29, 0.717) is 6.42 Å². The van der Waals surface area contributed by atoms with Gasteiger partial charge < -0.3 is 9.84 Å². The summed E-state index contributed by atoms with van der Waals surface area (Å²) in [5, 5.41) is 9.12. The molecule has 0 spiro atoms. The van der Waals surface area contributed by atoms with Crippen molar-refractivity contribution >= 4 is 5.97 Å². The number of aliphatic hydroxyl groups excluding tert-OH is 1. The molecule has 1 N–H and O–H groups in total. The Hall–Kier alpha value is -0.610. The van der Waals surface area contributed by atoms with Crippen molar-refractivity contribution in [1.82, 2.24) is 4.90 Å². The lowest BCUT2D eigenvalue weighted by molar-refractivity contribution is -0.142. The van der Waals surface area contributed by atoms with E-state index in [1.807, 2.05) is 6.92 Å². The lowest BCUT2D eigenvalue weighted by Crippen LogP contribution is -2.40. The van der Waals surface area contributed by atoms with E-state index >= 15 is 0 Å². The maximum absolute atomic E-state index is 11.1. The smallest absolute Gasteiger partial charge is 0.307 e. The van der Waals surface area contributed by atoms with Crippen LogP contribution in [0.15, 0.2) is 0 Å². The monoisotopic (exact) mass is 201 g/mol. The highest BCUT2D eigenvalue weighted by Crippen LogP contribution is 2.21. The van der Waals surface area contributed by atoms with Crippen LogP contribution in [0.5, 0.6) is 0 Å². The normalized spacial score (nSPS) is 24.9. The number of ether oxygens (including phenoxy) is 1. The van der Waals surface area contributed by atoms with Gasteiger partial charge in [0.25, 0.3) is 0 Å². The van der Waals surface area contributed by atoms with Gasteiger partial charge in [-0.2, -0.15) is 0 Å². The Kier molecular flexibility index (Phi) is 4.35. The number of esters is 1. The van der Waals surface area contributed by atoms with E-state index in [1.165, 1.54) is 7.11 Å². The average molecular weight is 201 g/mol. The van der Waals surface area contributed by atoms with Crippen LogP contribution in [-0.4, -0.2) is 48.3 Å². The van der Waals surface area contributed by atoms with Gasteiger partial charge in [0, 0.05) is 12.1 Å². The second-order valence-corrected chi connectivity index (χ2v) is 3.85. The Morgan fingerprint density at radius 3 is 3.00 bits per heavy atom. The van der Waals surface area contributed by atoms with Crippen molar-refractivity contribution in [3.05, 3.63) is 0 Å². The Labute approximate surface area is 84.8 Å². The Bertz CT molecular complexity index is 196. The number of rotatable bonds is 4. The minimum absolute atomic E-state index is 0.169. The molecule has 0 amide bonds. The lowest BCUT2D eigenvalue weighted by atomic mass is 10.1. The molecule has 1 aliphatic heterocycles. The highest BCUT2D eigenvalue weighted by atomic mass is 16.5. The van der Waals surface area contributed by atoms with E-state index in [1.54, 1.807) is 0 Å². The van der Waals surface area contributed by atoms with E-state index < -0.39 is 0 Å². The third kappa shape index (κ3) is 2.69. The Morgan fingerprint density at radius 2 is 2.43 bits per heavy atom. The van der Waals surface area contributed by atoms with Crippen LogP contribution >= 0.6 is 0 Å². The Balaban J connectivity index is 2.42. The summed E-state index contributed by atoms with van der Waals surface area (Å²) in [6.45, 7) is 3.17. The quantitative estimate of drug-likeness (QED) is 0.669. The van der Waals surface area contributed by atoms with Crippen molar-refractivity contribution in [3.8, 4) is 0 Å². The molecule has 0 aromatic carbocycles. The predicted octanol–water partition coefficient (Wildman–Crippen LogP) is 0.395. The number of likely N-dealkylation sites (tertiary alicyclic amines) is 1. The molecule has 0 saturated carbocycles. The van der Waals surface area contributed by atoms with Gasteiger partial charge in [-0.05, 0) is 26.3 Å². The van der Waals surface area contributed by atoms with Crippen molar-refractivity contribution in [3.63, 3.8) is 0 Å². The number of nitrogens with zero attached hydrogens (tertiary/aromatic N) is 1. The number of carbonyl (C=O) groups is 1. The van der Waals surface area contributed by atoms with Crippen LogP contribution in [-0.2, 0) is 9.53 Å². The number of methoxy groups -OCH3 is 1. The van der Waals surface area contributed by atoms with Crippen LogP contribution in [0, 0.1) is 0 Å². The van der Waals surface area contributed by atoms with Crippen LogP contribution in [0.4, 0.5) is 0 Å². The first-order valence-corrected chi connectivity index (χ1v) is 5.12. The third-order valence-electron chi connectivity index (χ3n) is 2.89. The zero-order chi connectivity index (χ0) is 10.6. The number of hydrogen-bond donors (Lipinski definition) is 1. The van der Waals surface area contributed by atoms with Crippen LogP contribution in [0.25, 0.3) is 0 Å². The zero-order valence-electron chi connectivity index (χ0n) is 8.90. The molecular weight excluding hydrogens is 182 g/mol. The van der Waals surface area contributed by atoms with Crippen molar-refractivity contribution in [2.24, 2.45) is 0 Å². The van der Waals surface area contributed by atoms with Gasteiger partial charge in [-0.25, -0.2) is 0 Å². The van der Waals surface area contributed by atoms with Crippen molar-refractivity contribution in [2.45, 2.75) is 38.3 Å². The van der Waals surface area contributed by atoms with Crippen molar-refractivity contribution in [1.29, 1.82) is 0 Å². The summed E-state index contributed by atoms with van der Waals surface area (Å²) in [6, 6.07) is 0.400. The fourth-order valence-corrected chi connectivity index (χ4v) is 2.08. The number of hydrogen-bond acceptors (Lipinski definition) is 4. The number of aliphatic hydroxyl groups is 1. The lowest BCUT2D eigenvalue weighted by Gasteiger charge is -2.28. The first-order chi connectivity index (χ1) is 6.69. The van der Waals surface area contributed by atoms with Crippen molar-refractivity contribution < 1.29 is 14.6 Å². The minimum Gasteiger partial charge on any atom is -0.469 e. The maximum Gasteiger partial charge on any atom is 0.307 e. The molecule has 14 heavy (non-hydrogen) atoms. The second kappa shape index (κ2) is 5.32. The van der Waals surface area contributed by atoms with E-state index in [-0.39, 0.29) is 24.7 Å². The predicted molar refractivity (Wildman–Crippen MR) is 52.9 cm³/mol. The molecular formula is C10H19NO3. The molecule has 1 heterocycles. The highest BCUT2D eigenvalue weighted by Gasteiger charge is 2.28. The zero-order valence-corrected chi connectivity index (χ0v) is 8.90. The fourth-order valence-electron chi connectivity index (χ4n) is 2.08. The highest BCUT2D eigenvalue weighted by molar-refractivity contribution is 5.69. The molecule has 1 aliphatic rings. The molecule has 0 bridgehead atoms. The molecule has 1 rings (SSSR count). The molecule has 1 unspecified atom stereocenters. The SMILES string of the molecule is COC(=O)CC(C)N1CCC[C@H]1CO. The summed E-state index contributed by atoms with van der Waals surface area (Å²) >= 11 is 0. The molecule has 82 valence electrons. The summed E-state index contributed by atoms with van der Waals surface area (Å²) in [6.07, 6.45) is 2.55. The largest absolute Gasteiger partial charge is 0.469 e. The summed E-state index contributed by atoms with van der Waals surface area (Å²) in [4.78, 5) is 13.3. The topological polar surface area (TPSA) is 49.8 Å². The van der Waals surface area contributed by atoms with Gasteiger partial charge in [0.15, 0.2) is 0 Å². The summed E-state index contributed by atoms with van der Waals surface area (Å²) in [5.74, 6) is -0.180. The van der Waals surface area contributed by atoms with Crippen molar-refractivity contribution in [2.75, 3.05) is 20.3 Å². The molecule has 0 aromatic heterocycles. The van der Waals surface area contributed by atoms with Gasteiger partial charge >= 0.3 is 5.97 Å². The number of carbonyl (C=O) groups excluding carboxylic acids is 1. The molecule has 0 aliphatic carbocycles. The van der Waals surface area contributed by atoms with Gasteiger partial charge in [-0.1, -0.05) is 0 Å². The standard InChI is InChI=1S/C10H19NO3/c1-8(6-10(13)14-2)11-5-3-4-9(11)7-12/h8-9,12H,3-7H2,1-2H3/t8?,9-/m0/s1. The average Bonchev–Trinajstić information content (AvgIpc) is 2.65. The van der Waals surface area contributed by atoms with Crippen LogP contribution in [0.1, 0.15) is 26.2 Å². The summed E-state index contributed by atoms with van der Waals surface area (Å²) < 4.78 is 4.62. The van der Waals surface area contributed by atoms with Gasteiger partial charge in [-0.15, -0.1) is 0 Å². The first kappa shape index (κ1) is 11.5. The molecule has 1 fully saturated rings. The molecule has 0 aromatic rings. The minimum atomic E-state index is -0.180. The maximum atomic E-state index is 11.1. The molecule has 2 atom stereocenters. The van der Waals surface area contributed by atoms with Crippen LogP contribution in [0.2, 0.25) is 0 Å². The summed E-state index contributed by atoms with van der Waals surface area (Å²) in [5.41, 5.74) is 0. The van der Waals surface area contributed by atoms with Gasteiger partial charge in [-0.3, -0.25) is 9.69 Å². The molecule has 1 saturated heterocycles. The van der Waals surface area contributed by atoms with E-state index in [0.717, 1.165) is 19.4 Å². The van der Waals surface area contributed by atoms with Gasteiger partial charge in [0.05, 0.1) is 20.1 Å². The molecule has 4 heteroatoms. The Morgan fingerprint density at radius 1 is 1.71 bits per heavy atom. The van der Waals surface area contributed by atoms with E-state index in [2.05, 4.69) is 9.64 Å². The van der Waals surface area contributed by atoms with Crippen LogP contribution < -0.4 is 0 Å². The van der Waals surface area contributed by atoms with E-state index in [9.17, 15) is 4.79 Å². The second-order valence-electron chi connectivity index (χ2n) is 3.85. The first-order valence-electron chi connectivity index (χ1n) is 5.12. The molecule has 4 nitrogen and oxygen atoms in total. The fraction of sp³-hybridized carbons (Fsp3) is 0.900. The van der Waals surface area contributed by atoms with Gasteiger partial charge in [0.2, 0.25) is 0 Å².